The number of halogens is 3. The Morgan fingerprint density at radius 2 is 1.45 bits per heavy atom. The molecule has 7 aromatic rings. The van der Waals surface area contributed by atoms with Gasteiger partial charge in [-0.1, -0.05) is 115 Å². The number of aliphatic hydroxyl groups is 1. The topological polar surface area (TPSA) is 54.6 Å². The Hall–Kier alpha value is -4.00. The largest absolute Gasteiger partial charge is 0.512 e. The molecule has 0 saturated heterocycles. The number of carbonyl (C=O) groups is 1. The van der Waals surface area contributed by atoms with Gasteiger partial charge >= 0.3 is 6.18 Å². The number of hydrogen-bond donors (Lipinski definition) is 1. The van der Waals surface area contributed by atoms with E-state index in [1.165, 1.54) is 61.5 Å². The van der Waals surface area contributed by atoms with Crippen molar-refractivity contribution in [2.45, 2.75) is 107 Å². The molecule has 56 heavy (non-hydrogen) atoms. The molecule has 3 heterocycles. The summed E-state index contributed by atoms with van der Waals surface area (Å²) >= 11 is 0. The number of carbonyl (C=O) groups excluding carboxylic acids is 1. The van der Waals surface area contributed by atoms with Gasteiger partial charge in [0.2, 0.25) is 0 Å². The number of allylic oxidation sites excluding steroid dienone is 2. The molecule has 0 fully saturated rings. The fraction of sp³-hybridized carbons (Fsp3) is 0.417. The van der Waals surface area contributed by atoms with Crippen LogP contribution < -0.4 is 0 Å². The maximum absolute atomic E-state index is 12.2. The quantitative estimate of drug-likeness (QED) is 0.0516. The van der Waals surface area contributed by atoms with E-state index in [1.54, 1.807) is 0 Å². The van der Waals surface area contributed by atoms with E-state index in [-0.39, 0.29) is 49.0 Å². The second-order valence-electron chi connectivity index (χ2n) is 17.7. The van der Waals surface area contributed by atoms with Gasteiger partial charge in [0.05, 0.1) is 12.2 Å². The number of fused-ring (bicyclic) bond motifs is 7. The number of aromatic nitrogens is 2. The van der Waals surface area contributed by atoms with Crippen LogP contribution in [0.15, 0.2) is 78.7 Å². The Balaban J connectivity index is 0.000000271. The Bertz CT molecular complexity index is 2530. The summed E-state index contributed by atoms with van der Waals surface area (Å²) in [5.41, 5.74) is 8.01. The molecule has 0 bridgehead atoms. The predicted molar refractivity (Wildman–Crippen MR) is 223 cm³/mol. The van der Waals surface area contributed by atoms with Crippen molar-refractivity contribution in [2.75, 3.05) is 0 Å². The number of pyridine rings is 2. The van der Waals surface area contributed by atoms with Crippen molar-refractivity contribution in [3.8, 4) is 0 Å². The van der Waals surface area contributed by atoms with Crippen molar-refractivity contribution in [2.24, 2.45) is 22.7 Å². The number of aliphatic hydroxyl groups excluding tert-OH is 1. The summed E-state index contributed by atoms with van der Waals surface area (Å²) in [6.07, 6.45) is 0.961. The van der Waals surface area contributed by atoms with E-state index in [9.17, 15) is 23.1 Å². The number of benzene rings is 4. The van der Waals surface area contributed by atoms with Crippen LogP contribution in [0.2, 0.25) is 0 Å². The Kier molecular flexibility index (Phi) is 12.7. The molecule has 1 radical (unpaired) electrons. The zero-order valence-corrected chi connectivity index (χ0v) is 36.4. The number of ketones is 1. The predicted octanol–water partition coefficient (Wildman–Crippen LogP) is 13.9. The molecule has 0 aliphatic carbocycles. The standard InChI is InChI=1S/C35H33N2.C13H21F3O2.Ir/c1-34(2,3)19-21-11-12-28-26(16-21)31-25-10-8-7-9-23(25)18-27-32-30-24(13-14-36-32)15-22(20-35(4,5)6)17-29(30)37(28)33(27)31;1-4-9(5-2)11(17)7-12(18)10(6-3)8-13(14,15)16;/h7-17H,19-20H2,1-6H3;7,9-10,17H,4-6,8H2,1-3H3;/q-1;;/b;11-7-;. The van der Waals surface area contributed by atoms with E-state index in [4.69, 9.17) is 4.98 Å². The monoisotopic (exact) mass is 940 g/mol. The maximum atomic E-state index is 12.2. The minimum atomic E-state index is -4.35. The van der Waals surface area contributed by atoms with Crippen LogP contribution in [0.4, 0.5) is 13.2 Å². The van der Waals surface area contributed by atoms with Gasteiger partial charge in [-0.25, -0.2) is 0 Å². The van der Waals surface area contributed by atoms with Crippen LogP contribution in [0.3, 0.4) is 0 Å². The van der Waals surface area contributed by atoms with Crippen molar-refractivity contribution in [1.82, 2.24) is 9.38 Å². The Labute approximate surface area is 342 Å². The van der Waals surface area contributed by atoms with Gasteiger partial charge < -0.3 is 9.51 Å². The molecule has 0 spiro atoms. The SMILES string of the molecule is CC(C)(C)Cc1ccc2c(c1)c1c3ccccc3[c-]c3c4nccc5cc(CC(C)(C)C)cc(c54)n2c31.CCC(CC(F)(F)F)C(=O)/C=C(\O)C(CC)CC.[Ir]. The molecule has 1 unspecified atom stereocenters. The van der Waals surface area contributed by atoms with Gasteiger partial charge in [0, 0.05) is 60.8 Å². The number of nitrogens with zero attached hydrogens (tertiary/aromatic N) is 2. The number of alkyl halides is 3. The summed E-state index contributed by atoms with van der Waals surface area (Å²) in [6, 6.07) is 26.6. The van der Waals surface area contributed by atoms with Gasteiger partial charge in [-0.15, -0.1) is 17.5 Å². The van der Waals surface area contributed by atoms with Crippen LogP contribution in [0, 0.1) is 28.7 Å². The summed E-state index contributed by atoms with van der Waals surface area (Å²) in [4.78, 5) is 16.6. The third-order valence-corrected chi connectivity index (χ3v) is 10.6. The van der Waals surface area contributed by atoms with E-state index in [0.717, 1.165) is 35.2 Å². The molecule has 4 nitrogen and oxygen atoms in total. The first kappa shape index (κ1) is 43.1. The van der Waals surface area contributed by atoms with Gasteiger partial charge in [0.15, 0.2) is 5.78 Å². The molecule has 7 rings (SSSR count). The molecular formula is C48H54F3IrN2O2-. The molecule has 3 aromatic heterocycles. The van der Waals surface area contributed by atoms with Crippen LogP contribution in [0.25, 0.3) is 59.8 Å². The zero-order valence-electron chi connectivity index (χ0n) is 34.0. The Morgan fingerprint density at radius 3 is 2.07 bits per heavy atom. The average Bonchev–Trinajstić information content (AvgIpc) is 3.43. The Morgan fingerprint density at radius 1 is 0.804 bits per heavy atom. The molecule has 1 N–H and O–H groups in total. The molecule has 299 valence electrons. The number of hydrogen-bond acceptors (Lipinski definition) is 3. The molecule has 0 amide bonds. The van der Waals surface area contributed by atoms with Crippen molar-refractivity contribution in [3.63, 3.8) is 0 Å². The van der Waals surface area contributed by atoms with Crippen molar-refractivity contribution in [3.05, 3.63) is 95.9 Å². The third kappa shape index (κ3) is 9.08. The van der Waals surface area contributed by atoms with Crippen molar-refractivity contribution >= 4 is 65.6 Å². The summed E-state index contributed by atoms with van der Waals surface area (Å²) in [5, 5.41) is 18.3. The molecule has 0 aliphatic rings. The summed E-state index contributed by atoms with van der Waals surface area (Å²) < 4.78 is 39.2. The molecule has 1 atom stereocenters. The molecular weight excluding hydrogens is 886 g/mol. The van der Waals surface area contributed by atoms with E-state index in [0.29, 0.717) is 12.8 Å². The second-order valence-corrected chi connectivity index (χ2v) is 17.7. The molecule has 0 saturated carbocycles. The zero-order chi connectivity index (χ0) is 40.0. The van der Waals surface area contributed by atoms with E-state index in [2.05, 4.69) is 113 Å². The van der Waals surface area contributed by atoms with Crippen molar-refractivity contribution in [1.29, 1.82) is 0 Å². The first-order valence-electron chi connectivity index (χ1n) is 19.7. The molecule has 0 aliphatic heterocycles. The minimum absolute atomic E-state index is 0. The van der Waals surface area contributed by atoms with Crippen LogP contribution in [0.1, 0.15) is 99.1 Å². The minimum Gasteiger partial charge on any atom is -0.512 e. The first-order valence-corrected chi connectivity index (χ1v) is 19.7. The van der Waals surface area contributed by atoms with Gasteiger partial charge in [-0.3, -0.25) is 9.78 Å². The van der Waals surface area contributed by atoms with E-state index >= 15 is 0 Å². The normalized spacial score (nSPS) is 13.6. The second kappa shape index (κ2) is 16.5. The van der Waals surface area contributed by atoms with E-state index < -0.39 is 24.3 Å². The molecule has 8 heteroatoms. The smallest absolute Gasteiger partial charge is 0.389 e. The summed E-state index contributed by atoms with van der Waals surface area (Å²) in [6.45, 7) is 19.2. The van der Waals surface area contributed by atoms with Crippen LogP contribution >= 0.6 is 0 Å². The van der Waals surface area contributed by atoms with Crippen LogP contribution in [-0.4, -0.2) is 26.5 Å². The average molecular weight is 940 g/mol. The van der Waals surface area contributed by atoms with Crippen molar-refractivity contribution < 1.29 is 43.2 Å². The van der Waals surface area contributed by atoms with Gasteiger partial charge in [-0.2, -0.15) is 13.2 Å². The first-order chi connectivity index (χ1) is 25.8. The fourth-order valence-corrected chi connectivity index (χ4v) is 8.25. The van der Waals surface area contributed by atoms with Crippen LogP contribution in [0.5, 0.6) is 0 Å². The van der Waals surface area contributed by atoms with E-state index in [1.807, 2.05) is 20.0 Å². The molecule has 4 aromatic carbocycles. The van der Waals surface area contributed by atoms with Crippen LogP contribution in [-0.2, 0) is 37.7 Å². The maximum Gasteiger partial charge on any atom is 0.389 e. The fourth-order valence-electron chi connectivity index (χ4n) is 8.25. The van der Waals surface area contributed by atoms with Gasteiger partial charge in [-0.05, 0) is 93.9 Å². The summed E-state index contributed by atoms with van der Waals surface area (Å²) in [7, 11) is 0. The van der Waals surface area contributed by atoms with Gasteiger partial charge in [0.25, 0.3) is 0 Å². The number of rotatable bonds is 9. The summed E-state index contributed by atoms with van der Waals surface area (Å²) in [5.74, 6) is -2.00. The van der Waals surface area contributed by atoms with Gasteiger partial charge in [0.1, 0.15) is 0 Å². The third-order valence-electron chi connectivity index (χ3n) is 10.6.